The molecule has 7 nitrogen and oxygen atoms in total. The fraction of sp³-hybridized carbons (Fsp3) is 0.386. The lowest BCUT2D eigenvalue weighted by molar-refractivity contribution is -0.163. The molecular formula is C44H56ClNO6S2. The van der Waals surface area contributed by atoms with E-state index in [4.69, 9.17) is 19.9 Å². The van der Waals surface area contributed by atoms with Crippen LogP contribution in [0.4, 0.5) is 0 Å². The minimum Gasteiger partial charge on any atom is -0.461 e. The van der Waals surface area contributed by atoms with Crippen LogP contribution in [0.2, 0.25) is 0 Å². The Morgan fingerprint density at radius 1 is 0.611 bits per heavy atom. The number of hydrogen-bond acceptors (Lipinski definition) is 9. The minimum atomic E-state index is -0.613. The monoisotopic (exact) mass is 793 g/mol. The van der Waals surface area contributed by atoms with Gasteiger partial charge in [-0.3, -0.25) is 14.4 Å². The third-order valence-electron chi connectivity index (χ3n) is 7.95. The van der Waals surface area contributed by atoms with Crippen molar-refractivity contribution in [1.82, 2.24) is 0 Å². The van der Waals surface area contributed by atoms with Gasteiger partial charge in [0.1, 0.15) is 23.9 Å². The number of benzene rings is 4. The van der Waals surface area contributed by atoms with E-state index in [1.807, 2.05) is 90.1 Å². The van der Waals surface area contributed by atoms with Gasteiger partial charge in [-0.05, 0) is 90.8 Å². The SMILES string of the molecule is Cc1ccc([C@@H](Sc2ccccc2)[C@H](C)OC(=O)[C@H](C)CC(=O)OC(C)(C)C)cc1.Cc1ccc([C@@H](Sc2ccccc2)[C@H](C)OC(=O)[C@H](C)N)cc1.Cl. The zero-order valence-electron chi connectivity index (χ0n) is 32.8. The Morgan fingerprint density at radius 2 is 0.981 bits per heavy atom. The third kappa shape index (κ3) is 16.3. The van der Waals surface area contributed by atoms with Gasteiger partial charge in [0, 0.05) is 9.79 Å². The van der Waals surface area contributed by atoms with Gasteiger partial charge in [0.25, 0.3) is 0 Å². The molecule has 0 aliphatic heterocycles. The molecule has 0 spiro atoms. The van der Waals surface area contributed by atoms with Gasteiger partial charge in [0.05, 0.1) is 22.8 Å². The molecule has 0 saturated heterocycles. The first-order valence-electron chi connectivity index (χ1n) is 18.0. The Morgan fingerprint density at radius 3 is 1.33 bits per heavy atom. The van der Waals surface area contributed by atoms with Crippen LogP contribution < -0.4 is 5.73 Å². The number of carbonyl (C=O) groups is 3. The highest BCUT2D eigenvalue weighted by Crippen LogP contribution is 2.40. The summed E-state index contributed by atoms with van der Waals surface area (Å²) >= 11 is 3.35. The van der Waals surface area contributed by atoms with Crippen molar-refractivity contribution in [3.8, 4) is 0 Å². The van der Waals surface area contributed by atoms with Crippen LogP contribution in [0.5, 0.6) is 0 Å². The van der Waals surface area contributed by atoms with E-state index in [1.165, 1.54) is 11.1 Å². The number of hydrogen-bond donors (Lipinski definition) is 1. The van der Waals surface area contributed by atoms with Crippen molar-refractivity contribution in [3.63, 3.8) is 0 Å². The highest BCUT2D eigenvalue weighted by molar-refractivity contribution is 7.99. The number of rotatable bonds is 14. The van der Waals surface area contributed by atoms with Crippen LogP contribution >= 0.6 is 35.9 Å². The Bertz CT molecular complexity index is 1710. The number of thioether (sulfide) groups is 2. The van der Waals surface area contributed by atoms with Crippen molar-refractivity contribution in [2.75, 3.05) is 0 Å². The van der Waals surface area contributed by atoms with Gasteiger partial charge in [-0.25, -0.2) is 0 Å². The molecule has 0 saturated carbocycles. The maximum Gasteiger partial charge on any atom is 0.322 e. The summed E-state index contributed by atoms with van der Waals surface area (Å²) in [7, 11) is 0. The second kappa shape index (κ2) is 22.6. The van der Waals surface area contributed by atoms with Crippen molar-refractivity contribution in [1.29, 1.82) is 0 Å². The van der Waals surface area contributed by atoms with Gasteiger partial charge in [0.15, 0.2) is 0 Å². The van der Waals surface area contributed by atoms with Crippen molar-refractivity contribution in [2.24, 2.45) is 11.7 Å². The maximum atomic E-state index is 12.7. The molecule has 2 N–H and O–H groups in total. The van der Waals surface area contributed by atoms with Gasteiger partial charge < -0.3 is 19.9 Å². The summed E-state index contributed by atoms with van der Waals surface area (Å²) in [5.41, 5.74) is 9.65. The Kier molecular flexibility index (Phi) is 19.4. The van der Waals surface area contributed by atoms with E-state index >= 15 is 0 Å². The molecule has 4 aromatic rings. The summed E-state index contributed by atoms with van der Waals surface area (Å²) in [5, 5.41) is -0.0497. The number of nitrogens with two attached hydrogens (primary N) is 1. The fourth-order valence-corrected chi connectivity index (χ4v) is 7.40. The lowest BCUT2D eigenvalue weighted by Crippen LogP contribution is -2.33. The topological polar surface area (TPSA) is 105 Å². The molecule has 6 atom stereocenters. The molecule has 0 bridgehead atoms. The number of ether oxygens (including phenoxy) is 3. The summed E-state index contributed by atoms with van der Waals surface area (Å²) in [6, 6.07) is 36.2. The van der Waals surface area contributed by atoms with Crippen LogP contribution in [-0.4, -0.2) is 41.8 Å². The fourth-order valence-electron chi connectivity index (χ4n) is 5.10. The smallest absolute Gasteiger partial charge is 0.322 e. The molecule has 0 aliphatic carbocycles. The zero-order chi connectivity index (χ0) is 39.1. The first kappa shape index (κ1) is 46.4. The molecule has 0 aliphatic rings. The Balaban J connectivity index is 0.000000379. The van der Waals surface area contributed by atoms with Gasteiger partial charge in [-0.1, -0.05) is 103 Å². The second-order valence-corrected chi connectivity index (χ2v) is 16.7. The van der Waals surface area contributed by atoms with E-state index in [1.54, 1.807) is 37.4 Å². The largest absolute Gasteiger partial charge is 0.461 e. The molecule has 0 heterocycles. The van der Waals surface area contributed by atoms with Crippen LogP contribution in [0.1, 0.15) is 87.6 Å². The molecule has 4 aromatic carbocycles. The first-order chi connectivity index (χ1) is 25.0. The molecule has 0 amide bonds. The summed E-state index contributed by atoms with van der Waals surface area (Å²) in [6.45, 7) is 16.7. The second-order valence-electron chi connectivity index (χ2n) is 14.3. The number of aryl methyl sites for hydroxylation is 2. The summed E-state index contributed by atoms with van der Waals surface area (Å²) in [6.07, 6.45) is -0.642. The molecule has 0 fully saturated rings. The van der Waals surface area contributed by atoms with Gasteiger partial charge in [0.2, 0.25) is 0 Å². The third-order valence-corrected chi connectivity index (χ3v) is 10.9. The predicted octanol–water partition coefficient (Wildman–Crippen LogP) is 10.7. The minimum absolute atomic E-state index is 0. The van der Waals surface area contributed by atoms with Crippen molar-refractivity contribution in [2.45, 2.75) is 113 Å². The molecule has 0 radical (unpaired) electrons. The van der Waals surface area contributed by atoms with Gasteiger partial charge in [-0.15, -0.1) is 35.9 Å². The maximum absolute atomic E-state index is 12.7. The predicted molar refractivity (Wildman–Crippen MR) is 224 cm³/mol. The van der Waals surface area contributed by atoms with E-state index < -0.39 is 23.5 Å². The molecular weight excluding hydrogens is 738 g/mol. The van der Waals surface area contributed by atoms with Crippen molar-refractivity contribution in [3.05, 3.63) is 131 Å². The van der Waals surface area contributed by atoms with E-state index in [9.17, 15) is 14.4 Å². The molecule has 0 aromatic heterocycles. The van der Waals surface area contributed by atoms with E-state index in [0.717, 1.165) is 20.9 Å². The lowest BCUT2D eigenvalue weighted by atomic mass is 10.1. The summed E-state index contributed by atoms with van der Waals surface area (Å²) in [5.74, 6) is -1.72. The first-order valence-corrected chi connectivity index (χ1v) is 19.7. The summed E-state index contributed by atoms with van der Waals surface area (Å²) in [4.78, 5) is 38.8. The van der Waals surface area contributed by atoms with Crippen LogP contribution in [0.15, 0.2) is 119 Å². The van der Waals surface area contributed by atoms with E-state index in [0.29, 0.717) is 0 Å². The highest BCUT2D eigenvalue weighted by Gasteiger charge is 2.29. The van der Waals surface area contributed by atoms with E-state index in [2.05, 4.69) is 67.6 Å². The van der Waals surface area contributed by atoms with E-state index in [-0.39, 0.29) is 53.5 Å². The van der Waals surface area contributed by atoms with Crippen LogP contribution in [-0.2, 0) is 28.6 Å². The van der Waals surface area contributed by atoms with Crippen LogP contribution in [0.3, 0.4) is 0 Å². The molecule has 10 heteroatoms. The standard InChI is InChI=1S/C25H32O4S.C19H23NO2S.ClH/c1-17-12-14-20(15-13-17)23(30-21-10-8-7-9-11-21)19(3)28-24(27)18(2)16-22(26)29-25(4,5)6;1-13-9-11-16(12-10-13)18(15(3)22-19(21)14(2)20)23-17-7-5-4-6-8-17;/h7-15,18-19,23H,16H2,1-6H3;4-12,14-15,18H,20H2,1-3H3;1H/t18-,19+,23+;14-,15-,18-;/m10./s1. The Labute approximate surface area is 336 Å². The summed E-state index contributed by atoms with van der Waals surface area (Å²) < 4.78 is 16.7. The Hall–Kier alpha value is -3.76. The van der Waals surface area contributed by atoms with Gasteiger partial charge in [-0.2, -0.15) is 0 Å². The quantitative estimate of drug-likeness (QED) is 0.0759. The average Bonchev–Trinajstić information content (AvgIpc) is 3.10. The van der Waals surface area contributed by atoms with Gasteiger partial charge >= 0.3 is 17.9 Å². The molecule has 0 unspecified atom stereocenters. The van der Waals surface area contributed by atoms with Crippen molar-refractivity contribution < 1.29 is 28.6 Å². The average molecular weight is 795 g/mol. The number of halogens is 1. The number of esters is 3. The molecule has 4 rings (SSSR count). The number of carbonyl (C=O) groups excluding carboxylic acids is 3. The van der Waals surface area contributed by atoms with Crippen LogP contribution in [0.25, 0.3) is 0 Å². The van der Waals surface area contributed by atoms with Crippen molar-refractivity contribution >= 4 is 53.8 Å². The highest BCUT2D eigenvalue weighted by atomic mass is 35.5. The lowest BCUT2D eigenvalue weighted by Gasteiger charge is -2.26. The molecule has 54 heavy (non-hydrogen) atoms. The normalized spacial score (nSPS) is 14.3. The molecule has 292 valence electrons. The van der Waals surface area contributed by atoms with Crippen LogP contribution in [0, 0.1) is 19.8 Å². The zero-order valence-corrected chi connectivity index (χ0v) is 35.3.